The molecule has 0 aromatic heterocycles. The predicted molar refractivity (Wildman–Crippen MR) is 226 cm³/mol. The molecule has 0 radical (unpaired) electrons. The average molecular weight is 722 g/mol. The topological polar surface area (TPSA) is 69.6 Å². The minimum atomic E-state index is -0.653. The SMILES string of the molecule is CCCCCCCCCCCCCCCCCCCCCCCCCC(=O)N[C@@H](CO)[C@H](O)CCCCCCCCCCCCCCCCCC. The van der Waals surface area contributed by atoms with Gasteiger partial charge in [0.1, 0.15) is 0 Å². The van der Waals surface area contributed by atoms with E-state index in [0.29, 0.717) is 12.8 Å². The van der Waals surface area contributed by atoms with Crippen LogP contribution in [0.2, 0.25) is 0 Å². The molecule has 0 spiro atoms. The van der Waals surface area contributed by atoms with E-state index in [2.05, 4.69) is 19.2 Å². The molecule has 0 fully saturated rings. The summed E-state index contributed by atoms with van der Waals surface area (Å²) in [6.07, 6.45) is 53.4. The molecule has 0 aromatic rings. The van der Waals surface area contributed by atoms with Crippen LogP contribution in [-0.4, -0.2) is 34.9 Å². The Morgan fingerprint density at radius 1 is 0.392 bits per heavy atom. The molecule has 0 saturated carbocycles. The van der Waals surface area contributed by atoms with Crippen molar-refractivity contribution in [1.29, 1.82) is 0 Å². The van der Waals surface area contributed by atoms with Crippen LogP contribution >= 0.6 is 0 Å². The third-order valence-electron chi connectivity index (χ3n) is 11.4. The van der Waals surface area contributed by atoms with Gasteiger partial charge in [-0.15, -0.1) is 0 Å². The predicted octanol–water partition coefficient (Wildman–Crippen LogP) is 14.9. The number of hydrogen-bond donors (Lipinski definition) is 3. The van der Waals surface area contributed by atoms with Crippen molar-refractivity contribution >= 4 is 5.91 Å². The molecule has 0 aliphatic heterocycles. The molecule has 0 aliphatic rings. The van der Waals surface area contributed by atoms with Crippen LogP contribution in [0.1, 0.15) is 277 Å². The monoisotopic (exact) mass is 722 g/mol. The lowest BCUT2D eigenvalue weighted by Crippen LogP contribution is -2.45. The Kier molecular flexibility index (Phi) is 43.3. The molecule has 0 aliphatic carbocycles. The highest BCUT2D eigenvalue weighted by Crippen LogP contribution is 2.17. The molecule has 0 aromatic carbocycles. The Morgan fingerprint density at radius 2 is 0.627 bits per heavy atom. The molecule has 1 amide bonds. The Hall–Kier alpha value is -0.610. The zero-order valence-corrected chi connectivity index (χ0v) is 35.2. The molecule has 4 heteroatoms. The quantitative estimate of drug-likeness (QED) is 0.0549. The molecule has 0 unspecified atom stereocenters. The minimum absolute atomic E-state index is 0.0245. The van der Waals surface area contributed by atoms with Crippen LogP contribution in [0.15, 0.2) is 0 Å². The lowest BCUT2D eigenvalue weighted by atomic mass is 10.0. The maximum absolute atomic E-state index is 12.4. The number of nitrogens with one attached hydrogen (secondary N) is 1. The first-order valence-corrected chi connectivity index (χ1v) is 23.7. The minimum Gasteiger partial charge on any atom is -0.394 e. The zero-order valence-electron chi connectivity index (χ0n) is 35.2. The third kappa shape index (κ3) is 40.4. The second-order valence-corrected chi connectivity index (χ2v) is 16.5. The van der Waals surface area contributed by atoms with Crippen LogP contribution in [0.5, 0.6) is 0 Å². The molecule has 0 saturated heterocycles. The van der Waals surface area contributed by atoms with Crippen molar-refractivity contribution in [2.24, 2.45) is 0 Å². The summed E-state index contributed by atoms with van der Waals surface area (Å²) in [4.78, 5) is 12.4. The van der Waals surface area contributed by atoms with Gasteiger partial charge in [0.25, 0.3) is 0 Å². The van der Waals surface area contributed by atoms with Crippen LogP contribution in [0.4, 0.5) is 0 Å². The van der Waals surface area contributed by atoms with Gasteiger partial charge in [-0.25, -0.2) is 0 Å². The van der Waals surface area contributed by atoms with Crippen LogP contribution in [0.25, 0.3) is 0 Å². The average Bonchev–Trinajstić information content (AvgIpc) is 3.13. The number of aliphatic hydroxyl groups is 2. The van der Waals surface area contributed by atoms with Crippen LogP contribution in [0.3, 0.4) is 0 Å². The summed E-state index contributed by atoms with van der Waals surface area (Å²) in [5.41, 5.74) is 0. The summed E-state index contributed by atoms with van der Waals surface area (Å²) in [7, 11) is 0. The standard InChI is InChI=1S/C47H95NO3/c1-3-5-7-9-11-13-15-17-19-21-22-23-24-25-26-27-29-31-33-35-37-39-41-43-47(51)48-45(44-49)46(50)42-40-38-36-34-32-30-28-20-18-16-14-12-10-8-6-4-2/h45-46,49-50H,3-44H2,1-2H3,(H,48,51)/t45-,46+/m0/s1. The van der Waals surface area contributed by atoms with E-state index in [4.69, 9.17) is 0 Å². The Balaban J connectivity index is 3.43. The van der Waals surface area contributed by atoms with Crippen molar-refractivity contribution in [3.8, 4) is 0 Å². The second kappa shape index (κ2) is 43.8. The number of unbranched alkanes of at least 4 members (excludes halogenated alkanes) is 37. The summed E-state index contributed by atoms with van der Waals surface area (Å²) in [5.74, 6) is -0.0245. The molecular formula is C47H95NO3. The zero-order chi connectivity index (χ0) is 37.1. The Morgan fingerprint density at radius 3 is 0.882 bits per heavy atom. The highest BCUT2D eigenvalue weighted by atomic mass is 16.3. The van der Waals surface area contributed by atoms with Gasteiger partial charge in [0.05, 0.1) is 18.8 Å². The first-order valence-electron chi connectivity index (χ1n) is 23.7. The van der Waals surface area contributed by atoms with E-state index in [0.717, 1.165) is 25.7 Å². The maximum Gasteiger partial charge on any atom is 0.220 e. The van der Waals surface area contributed by atoms with Crippen molar-refractivity contribution in [1.82, 2.24) is 5.32 Å². The van der Waals surface area contributed by atoms with Gasteiger partial charge in [-0.1, -0.05) is 258 Å². The fraction of sp³-hybridized carbons (Fsp3) is 0.979. The highest BCUT2D eigenvalue weighted by Gasteiger charge is 2.20. The third-order valence-corrected chi connectivity index (χ3v) is 11.4. The molecule has 4 nitrogen and oxygen atoms in total. The van der Waals surface area contributed by atoms with Crippen molar-refractivity contribution in [3.63, 3.8) is 0 Å². The molecule has 0 heterocycles. The molecule has 2 atom stereocenters. The molecule has 0 rings (SSSR count). The van der Waals surface area contributed by atoms with Gasteiger partial charge in [-0.05, 0) is 12.8 Å². The summed E-state index contributed by atoms with van der Waals surface area (Å²) in [6.45, 7) is 4.39. The van der Waals surface area contributed by atoms with Gasteiger partial charge in [0, 0.05) is 6.42 Å². The summed E-state index contributed by atoms with van der Waals surface area (Å²) in [6, 6.07) is -0.529. The maximum atomic E-state index is 12.4. The van der Waals surface area contributed by atoms with Crippen LogP contribution < -0.4 is 5.32 Å². The summed E-state index contributed by atoms with van der Waals surface area (Å²) < 4.78 is 0. The number of amides is 1. The van der Waals surface area contributed by atoms with E-state index < -0.39 is 12.1 Å². The van der Waals surface area contributed by atoms with E-state index in [-0.39, 0.29) is 12.5 Å². The fourth-order valence-corrected chi connectivity index (χ4v) is 7.72. The van der Waals surface area contributed by atoms with Gasteiger partial charge in [-0.3, -0.25) is 4.79 Å². The van der Waals surface area contributed by atoms with E-state index >= 15 is 0 Å². The van der Waals surface area contributed by atoms with Gasteiger partial charge < -0.3 is 15.5 Å². The first kappa shape index (κ1) is 50.4. The second-order valence-electron chi connectivity index (χ2n) is 16.5. The van der Waals surface area contributed by atoms with Gasteiger partial charge >= 0.3 is 0 Å². The number of hydrogen-bond acceptors (Lipinski definition) is 3. The highest BCUT2D eigenvalue weighted by molar-refractivity contribution is 5.76. The van der Waals surface area contributed by atoms with E-state index in [9.17, 15) is 15.0 Å². The molecular weight excluding hydrogens is 627 g/mol. The van der Waals surface area contributed by atoms with Crippen molar-refractivity contribution in [2.45, 2.75) is 289 Å². The summed E-state index contributed by atoms with van der Waals surface area (Å²) >= 11 is 0. The van der Waals surface area contributed by atoms with E-state index in [1.807, 2.05) is 0 Å². The molecule has 51 heavy (non-hydrogen) atoms. The number of carbonyl (C=O) groups is 1. The van der Waals surface area contributed by atoms with Crippen LogP contribution in [-0.2, 0) is 4.79 Å². The van der Waals surface area contributed by atoms with Gasteiger partial charge in [0.15, 0.2) is 0 Å². The van der Waals surface area contributed by atoms with Crippen LogP contribution in [0, 0.1) is 0 Å². The van der Waals surface area contributed by atoms with Crippen molar-refractivity contribution in [3.05, 3.63) is 0 Å². The largest absolute Gasteiger partial charge is 0.394 e. The fourth-order valence-electron chi connectivity index (χ4n) is 7.72. The number of rotatable bonds is 44. The molecule has 0 bridgehead atoms. The van der Waals surface area contributed by atoms with Crippen molar-refractivity contribution < 1.29 is 15.0 Å². The van der Waals surface area contributed by atoms with Gasteiger partial charge in [0.2, 0.25) is 5.91 Å². The Bertz CT molecular complexity index is 655. The number of aliphatic hydroxyl groups excluding tert-OH is 2. The lowest BCUT2D eigenvalue weighted by molar-refractivity contribution is -0.123. The Labute approximate surface area is 321 Å². The molecule has 306 valence electrons. The molecule has 3 N–H and O–H groups in total. The van der Waals surface area contributed by atoms with Gasteiger partial charge in [-0.2, -0.15) is 0 Å². The first-order chi connectivity index (χ1) is 25.2. The smallest absolute Gasteiger partial charge is 0.220 e. The number of carbonyl (C=O) groups excluding carboxylic acids is 1. The summed E-state index contributed by atoms with van der Waals surface area (Å²) in [5, 5.41) is 23.2. The van der Waals surface area contributed by atoms with Crippen molar-refractivity contribution in [2.75, 3.05) is 6.61 Å². The van der Waals surface area contributed by atoms with E-state index in [1.165, 1.54) is 225 Å². The normalized spacial score (nSPS) is 12.8. The van der Waals surface area contributed by atoms with E-state index in [1.54, 1.807) is 0 Å². The lowest BCUT2D eigenvalue weighted by Gasteiger charge is -2.22.